The molecule has 3 nitrogen and oxygen atoms in total. The molecule has 0 bridgehead atoms. The summed E-state index contributed by atoms with van der Waals surface area (Å²) in [6, 6.07) is 0. The lowest BCUT2D eigenvalue weighted by atomic mass is 10.3. The molecule has 0 atom stereocenters. The van der Waals surface area contributed by atoms with Gasteiger partial charge in [0.15, 0.2) is 0 Å². The molecule has 0 amide bonds. The van der Waals surface area contributed by atoms with E-state index < -0.39 is 0 Å². The van der Waals surface area contributed by atoms with Crippen LogP contribution in [0.1, 0.15) is 19.8 Å². The Morgan fingerprint density at radius 1 is 1.62 bits per heavy atom. The molecule has 0 saturated carbocycles. The Labute approximate surface area is 48.5 Å². The van der Waals surface area contributed by atoms with Crippen molar-refractivity contribution in [3.63, 3.8) is 0 Å². The Hall–Kier alpha value is -0.570. The highest BCUT2D eigenvalue weighted by atomic mass is 17.2. The molecule has 0 rings (SSSR count). The molecule has 0 radical (unpaired) electrons. The summed E-state index contributed by atoms with van der Waals surface area (Å²) in [6.45, 7) is 1.90. The topological polar surface area (TPSA) is 35.5 Å². The predicted molar refractivity (Wildman–Crippen MR) is 28.0 cm³/mol. The van der Waals surface area contributed by atoms with E-state index in [2.05, 4.69) is 9.78 Å². The minimum atomic E-state index is -0.310. The van der Waals surface area contributed by atoms with Gasteiger partial charge in [-0.25, -0.2) is 4.79 Å². The molecule has 0 N–H and O–H groups in total. The minimum Gasteiger partial charge on any atom is -0.299 e. The van der Waals surface area contributed by atoms with Crippen molar-refractivity contribution in [2.75, 3.05) is 7.11 Å². The molecule has 0 aliphatic carbocycles. The molecule has 0 aliphatic rings. The summed E-state index contributed by atoms with van der Waals surface area (Å²) < 4.78 is 0. The molecule has 0 aromatic carbocycles. The Morgan fingerprint density at radius 2 is 2.25 bits per heavy atom. The molecular formula is C5H10O3. The van der Waals surface area contributed by atoms with Crippen molar-refractivity contribution in [1.82, 2.24) is 0 Å². The summed E-state index contributed by atoms with van der Waals surface area (Å²) in [4.78, 5) is 18.5. The third-order valence-electron chi connectivity index (χ3n) is 0.630. The van der Waals surface area contributed by atoms with E-state index in [0.29, 0.717) is 6.42 Å². The summed E-state index contributed by atoms with van der Waals surface area (Å²) in [6.07, 6.45) is 1.22. The largest absolute Gasteiger partial charge is 0.342 e. The maximum absolute atomic E-state index is 10.3. The number of hydrogen-bond donors (Lipinski definition) is 0. The van der Waals surface area contributed by atoms with Gasteiger partial charge in [0.25, 0.3) is 0 Å². The highest BCUT2D eigenvalue weighted by Gasteiger charge is 1.97. The lowest BCUT2D eigenvalue weighted by molar-refractivity contribution is -0.254. The van der Waals surface area contributed by atoms with Crippen LogP contribution in [-0.2, 0) is 14.6 Å². The summed E-state index contributed by atoms with van der Waals surface area (Å²) in [5.41, 5.74) is 0. The minimum absolute atomic E-state index is 0.310. The lowest BCUT2D eigenvalue weighted by Crippen LogP contribution is -2.01. The second-order valence-corrected chi connectivity index (χ2v) is 1.37. The monoisotopic (exact) mass is 118 g/mol. The van der Waals surface area contributed by atoms with Crippen LogP contribution in [0.25, 0.3) is 0 Å². The fourth-order valence-corrected chi connectivity index (χ4v) is 0.339. The van der Waals surface area contributed by atoms with E-state index in [1.807, 2.05) is 6.92 Å². The van der Waals surface area contributed by atoms with Crippen LogP contribution in [0.2, 0.25) is 0 Å². The molecule has 0 spiro atoms. The fourth-order valence-electron chi connectivity index (χ4n) is 0.339. The van der Waals surface area contributed by atoms with Gasteiger partial charge in [0.2, 0.25) is 0 Å². The van der Waals surface area contributed by atoms with Crippen LogP contribution in [0.5, 0.6) is 0 Å². The van der Waals surface area contributed by atoms with Gasteiger partial charge in [-0.05, 0) is 6.42 Å². The Bertz CT molecular complexity index is 62.1. The van der Waals surface area contributed by atoms with Crippen molar-refractivity contribution in [1.29, 1.82) is 0 Å². The van der Waals surface area contributed by atoms with Crippen LogP contribution in [0.15, 0.2) is 0 Å². The van der Waals surface area contributed by atoms with Gasteiger partial charge in [-0.1, -0.05) is 6.92 Å². The predicted octanol–water partition coefficient (Wildman–Crippen LogP) is 0.891. The first kappa shape index (κ1) is 7.43. The SMILES string of the molecule is CCCC(=O)OOC. The maximum atomic E-state index is 10.3. The summed E-state index contributed by atoms with van der Waals surface area (Å²) in [5, 5.41) is 0. The zero-order valence-corrected chi connectivity index (χ0v) is 5.14. The second-order valence-electron chi connectivity index (χ2n) is 1.37. The van der Waals surface area contributed by atoms with Crippen molar-refractivity contribution in [3.05, 3.63) is 0 Å². The molecule has 0 aliphatic heterocycles. The highest BCUT2D eigenvalue weighted by molar-refractivity contribution is 5.68. The van der Waals surface area contributed by atoms with E-state index in [-0.39, 0.29) is 5.97 Å². The molecule has 0 heterocycles. The fraction of sp³-hybridized carbons (Fsp3) is 0.800. The van der Waals surface area contributed by atoms with Gasteiger partial charge in [0.1, 0.15) is 0 Å². The van der Waals surface area contributed by atoms with Gasteiger partial charge < -0.3 is 0 Å². The zero-order valence-electron chi connectivity index (χ0n) is 5.14. The van der Waals surface area contributed by atoms with E-state index in [1.54, 1.807) is 0 Å². The second kappa shape index (κ2) is 4.59. The Balaban J connectivity index is 3.06. The first-order chi connectivity index (χ1) is 3.81. The average molecular weight is 118 g/mol. The Kier molecular flexibility index (Phi) is 4.26. The van der Waals surface area contributed by atoms with Crippen molar-refractivity contribution in [2.24, 2.45) is 0 Å². The quantitative estimate of drug-likeness (QED) is 0.408. The van der Waals surface area contributed by atoms with E-state index >= 15 is 0 Å². The van der Waals surface area contributed by atoms with E-state index in [0.717, 1.165) is 6.42 Å². The Morgan fingerprint density at radius 3 is 2.62 bits per heavy atom. The standard InChI is InChI=1S/C5H10O3/c1-3-4-5(6)8-7-2/h3-4H2,1-2H3. The lowest BCUT2D eigenvalue weighted by Gasteiger charge is -1.94. The third-order valence-corrected chi connectivity index (χ3v) is 0.630. The molecule has 0 unspecified atom stereocenters. The van der Waals surface area contributed by atoms with Crippen LogP contribution in [0, 0.1) is 0 Å². The van der Waals surface area contributed by atoms with Crippen LogP contribution < -0.4 is 0 Å². The van der Waals surface area contributed by atoms with E-state index in [9.17, 15) is 4.79 Å². The van der Waals surface area contributed by atoms with E-state index in [1.165, 1.54) is 7.11 Å². The molecule has 8 heavy (non-hydrogen) atoms. The van der Waals surface area contributed by atoms with Gasteiger partial charge in [0, 0.05) is 6.42 Å². The maximum Gasteiger partial charge on any atom is 0.342 e. The van der Waals surface area contributed by atoms with Gasteiger partial charge >= 0.3 is 5.97 Å². The van der Waals surface area contributed by atoms with E-state index in [4.69, 9.17) is 0 Å². The number of carbonyl (C=O) groups excluding carboxylic acids is 1. The molecule has 0 aromatic rings. The van der Waals surface area contributed by atoms with Gasteiger partial charge in [0.05, 0.1) is 7.11 Å². The highest BCUT2D eigenvalue weighted by Crippen LogP contribution is 1.89. The molecule has 48 valence electrons. The van der Waals surface area contributed by atoms with Crippen LogP contribution >= 0.6 is 0 Å². The summed E-state index contributed by atoms with van der Waals surface area (Å²) in [5.74, 6) is -0.310. The number of rotatable bonds is 3. The molecule has 0 aromatic heterocycles. The first-order valence-corrected chi connectivity index (χ1v) is 2.54. The molecule has 3 heteroatoms. The summed E-state index contributed by atoms with van der Waals surface area (Å²) >= 11 is 0. The first-order valence-electron chi connectivity index (χ1n) is 2.54. The normalized spacial score (nSPS) is 8.75. The van der Waals surface area contributed by atoms with Crippen molar-refractivity contribution >= 4 is 5.97 Å². The smallest absolute Gasteiger partial charge is 0.299 e. The van der Waals surface area contributed by atoms with Gasteiger partial charge in [-0.2, -0.15) is 4.89 Å². The zero-order chi connectivity index (χ0) is 6.41. The average Bonchev–Trinajstić information content (AvgIpc) is 1.68. The van der Waals surface area contributed by atoms with Crippen molar-refractivity contribution in [3.8, 4) is 0 Å². The van der Waals surface area contributed by atoms with Crippen LogP contribution in [0.4, 0.5) is 0 Å². The third kappa shape index (κ3) is 3.61. The number of hydrogen-bond acceptors (Lipinski definition) is 3. The molecule has 0 fully saturated rings. The number of carbonyl (C=O) groups is 1. The van der Waals surface area contributed by atoms with Crippen molar-refractivity contribution < 1.29 is 14.6 Å². The van der Waals surface area contributed by atoms with Crippen LogP contribution in [0.3, 0.4) is 0 Å². The van der Waals surface area contributed by atoms with Gasteiger partial charge in [-0.3, -0.25) is 4.89 Å². The molecule has 0 saturated heterocycles. The molecular weight excluding hydrogens is 108 g/mol. The summed E-state index contributed by atoms with van der Waals surface area (Å²) in [7, 11) is 1.31. The van der Waals surface area contributed by atoms with Gasteiger partial charge in [-0.15, -0.1) is 0 Å². The van der Waals surface area contributed by atoms with Crippen LogP contribution in [-0.4, -0.2) is 13.1 Å². The van der Waals surface area contributed by atoms with Crippen molar-refractivity contribution in [2.45, 2.75) is 19.8 Å².